The van der Waals surface area contributed by atoms with E-state index >= 15 is 0 Å². The molecule has 4 rings (SSSR count). The monoisotopic (exact) mass is 428 g/mol. The molecule has 0 aromatic heterocycles. The second-order valence-corrected chi connectivity index (χ2v) is 8.90. The number of carbonyl (C=O) groups excluding carboxylic acids is 1. The number of carbonyl (C=O) groups is 1. The molecular weight excluding hydrogens is 410 g/mol. The van der Waals surface area contributed by atoms with Crippen LogP contribution in [0, 0.1) is 11.6 Å². The van der Waals surface area contributed by atoms with Gasteiger partial charge in [0.25, 0.3) is 5.91 Å². The predicted molar refractivity (Wildman–Crippen MR) is 108 cm³/mol. The summed E-state index contributed by atoms with van der Waals surface area (Å²) in [6.07, 6.45) is 0.643. The Morgan fingerprint density at radius 2 is 1.60 bits per heavy atom. The van der Waals surface area contributed by atoms with E-state index in [0.717, 1.165) is 23.3 Å². The standard InChI is InChI=1S/C22H18F2N2O3S/c23-20-10-7-18(13-21(20)24)25-22(27)16-5-8-19(9-6-16)30(28,29)26-12-11-15-3-1-2-4-17(15)14-26/h1-10,13H,11-12,14H2,(H,25,27). The van der Waals surface area contributed by atoms with Crippen LogP contribution < -0.4 is 5.32 Å². The van der Waals surface area contributed by atoms with Crippen LogP contribution in [0.2, 0.25) is 0 Å². The minimum absolute atomic E-state index is 0.0891. The van der Waals surface area contributed by atoms with Crippen molar-refractivity contribution in [3.63, 3.8) is 0 Å². The Labute approximate surface area is 173 Å². The van der Waals surface area contributed by atoms with E-state index < -0.39 is 27.6 Å². The Bertz CT molecular complexity index is 1210. The van der Waals surface area contributed by atoms with Crippen molar-refractivity contribution in [1.82, 2.24) is 4.31 Å². The molecule has 1 aliphatic heterocycles. The van der Waals surface area contributed by atoms with E-state index in [4.69, 9.17) is 0 Å². The third-order valence-corrected chi connectivity index (χ3v) is 6.89. The molecule has 1 heterocycles. The van der Waals surface area contributed by atoms with Crippen molar-refractivity contribution in [3.05, 3.63) is 95.1 Å². The lowest BCUT2D eigenvalue weighted by Gasteiger charge is -2.28. The number of hydrogen-bond acceptors (Lipinski definition) is 3. The van der Waals surface area contributed by atoms with Gasteiger partial charge in [0, 0.05) is 30.4 Å². The van der Waals surface area contributed by atoms with Crippen molar-refractivity contribution in [1.29, 1.82) is 0 Å². The summed E-state index contributed by atoms with van der Waals surface area (Å²) in [5.74, 6) is -2.64. The maximum absolute atomic E-state index is 13.3. The quantitative estimate of drug-likeness (QED) is 0.684. The van der Waals surface area contributed by atoms with Gasteiger partial charge in [0.15, 0.2) is 11.6 Å². The summed E-state index contributed by atoms with van der Waals surface area (Å²) in [5.41, 5.74) is 2.42. The van der Waals surface area contributed by atoms with E-state index in [1.165, 1.54) is 34.6 Å². The number of rotatable bonds is 4. The molecular formula is C22H18F2N2O3S. The molecule has 0 unspecified atom stereocenters. The second-order valence-electron chi connectivity index (χ2n) is 6.96. The molecule has 0 atom stereocenters. The fourth-order valence-corrected chi connectivity index (χ4v) is 4.80. The van der Waals surface area contributed by atoms with Gasteiger partial charge in [0.1, 0.15) is 0 Å². The van der Waals surface area contributed by atoms with E-state index in [1.54, 1.807) is 0 Å². The lowest BCUT2D eigenvalue weighted by Crippen LogP contribution is -2.35. The number of benzene rings is 3. The average molecular weight is 428 g/mol. The Morgan fingerprint density at radius 1 is 0.900 bits per heavy atom. The number of nitrogens with one attached hydrogen (secondary N) is 1. The molecule has 1 N–H and O–H groups in total. The third-order valence-electron chi connectivity index (χ3n) is 5.03. The van der Waals surface area contributed by atoms with Crippen LogP contribution >= 0.6 is 0 Å². The van der Waals surface area contributed by atoms with Gasteiger partial charge in [-0.15, -0.1) is 0 Å². The minimum Gasteiger partial charge on any atom is -0.322 e. The first kappa shape index (κ1) is 20.2. The van der Waals surface area contributed by atoms with Gasteiger partial charge < -0.3 is 5.32 Å². The van der Waals surface area contributed by atoms with Crippen molar-refractivity contribution < 1.29 is 22.0 Å². The molecule has 0 saturated carbocycles. The van der Waals surface area contributed by atoms with Crippen molar-refractivity contribution in [2.24, 2.45) is 0 Å². The van der Waals surface area contributed by atoms with E-state index in [2.05, 4.69) is 5.32 Å². The molecule has 3 aromatic carbocycles. The number of nitrogens with zero attached hydrogens (tertiary/aromatic N) is 1. The summed E-state index contributed by atoms with van der Waals surface area (Å²) in [6, 6.07) is 16.3. The summed E-state index contributed by atoms with van der Waals surface area (Å²) < 4.78 is 53.7. The van der Waals surface area contributed by atoms with Gasteiger partial charge >= 0.3 is 0 Å². The van der Waals surface area contributed by atoms with Crippen molar-refractivity contribution >= 4 is 21.6 Å². The summed E-state index contributed by atoms with van der Waals surface area (Å²) in [5, 5.41) is 2.45. The van der Waals surface area contributed by atoms with Crippen LogP contribution in [0.15, 0.2) is 71.6 Å². The molecule has 8 heteroatoms. The van der Waals surface area contributed by atoms with Crippen molar-refractivity contribution in [2.45, 2.75) is 17.9 Å². The van der Waals surface area contributed by atoms with Gasteiger partial charge in [-0.3, -0.25) is 4.79 Å². The van der Waals surface area contributed by atoms with Crippen LogP contribution in [-0.2, 0) is 23.0 Å². The fourth-order valence-electron chi connectivity index (χ4n) is 3.38. The molecule has 154 valence electrons. The smallest absolute Gasteiger partial charge is 0.255 e. The van der Waals surface area contributed by atoms with Crippen molar-refractivity contribution in [2.75, 3.05) is 11.9 Å². The minimum atomic E-state index is -3.71. The van der Waals surface area contributed by atoms with Gasteiger partial charge in [-0.1, -0.05) is 24.3 Å². The Morgan fingerprint density at radius 3 is 2.30 bits per heavy atom. The van der Waals surface area contributed by atoms with Crippen LogP contribution in [-0.4, -0.2) is 25.2 Å². The van der Waals surface area contributed by atoms with Crippen LogP contribution in [0.3, 0.4) is 0 Å². The zero-order valence-corrected chi connectivity index (χ0v) is 16.6. The first-order valence-electron chi connectivity index (χ1n) is 9.28. The van der Waals surface area contributed by atoms with Crippen LogP contribution in [0.4, 0.5) is 14.5 Å². The van der Waals surface area contributed by atoms with Crippen LogP contribution in [0.25, 0.3) is 0 Å². The Hall–Kier alpha value is -3.10. The lowest BCUT2D eigenvalue weighted by atomic mass is 10.0. The average Bonchev–Trinajstić information content (AvgIpc) is 2.76. The van der Waals surface area contributed by atoms with Gasteiger partial charge in [0.05, 0.1) is 4.90 Å². The highest BCUT2D eigenvalue weighted by atomic mass is 32.2. The third kappa shape index (κ3) is 3.96. The number of sulfonamides is 1. The zero-order chi connectivity index (χ0) is 21.3. The van der Waals surface area contributed by atoms with Gasteiger partial charge in [-0.2, -0.15) is 4.31 Å². The lowest BCUT2D eigenvalue weighted by molar-refractivity contribution is 0.102. The topological polar surface area (TPSA) is 66.5 Å². The summed E-state index contributed by atoms with van der Waals surface area (Å²) in [6.45, 7) is 0.689. The molecule has 0 aliphatic carbocycles. The normalized spacial score (nSPS) is 14.2. The van der Waals surface area contributed by atoms with Gasteiger partial charge in [-0.25, -0.2) is 17.2 Å². The number of hydrogen-bond donors (Lipinski definition) is 1. The molecule has 1 amide bonds. The second kappa shape index (κ2) is 7.97. The summed E-state index contributed by atoms with van der Waals surface area (Å²) >= 11 is 0. The van der Waals surface area contributed by atoms with Gasteiger partial charge in [0.2, 0.25) is 10.0 Å². The first-order valence-corrected chi connectivity index (χ1v) is 10.7. The van der Waals surface area contributed by atoms with Crippen LogP contribution in [0.1, 0.15) is 21.5 Å². The predicted octanol–water partition coefficient (Wildman–Crippen LogP) is 3.96. The molecule has 0 spiro atoms. The van der Waals surface area contributed by atoms with Crippen molar-refractivity contribution in [3.8, 4) is 0 Å². The fraction of sp³-hybridized carbons (Fsp3) is 0.136. The molecule has 30 heavy (non-hydrogen) atoms. The number of fused-ring (bicyclic) bond motifs is 1. The molecule has 0 radical (unpaired) electrons. The van der Waals surface area contributed by atoms with Crippen LogP contribution in [0.5, 0.6) is 0 Å². The SMILES string of the molecule is O=C(Nc1ccc(F)c(F)c1)c1ccc(S(=O)(=O)N2CCc3ccccc3C2)cc1. The Kier molecular flexibility index (Phi) is 5.36. The van der Waals surface area contributed by atoms with E-state index in [-0.39, 0.29) is 16.1 Å². The largest absolute Gasteiger partial charge is 0.322 e. The van der Waals surface area contributed by atoms with E-state index in [9.17, 15) is 22.0 Å². The molecule has 1 aliphatic rings. The molecule has 0 saturated heterocycles. The summed E-state index contributed by atoms with van der Waals surface area (Å²) in [4.78, 5) is 12.4. The highest BCUT2D eigenvalue weighted by Gasteiger charge is 2.28. The zero-order valence-electron chi connectivity index (χ0n) is 15.8. The highest BCUT2D eigenvalue weighted by Crippen LogP contribution is 2.25. The number of halogens is 2. The molecule has 3 aromatic rings. The Balaban J connectivity index is 1.50. The molecule has 0 bridgehead atoms. The number of anilines is 1. The first-order chi connectivity index (χ1) is 14.3. The van der Waals surface area contributed by atoms with Gasteiger partial charge in [-0.05, 0) is 53.9 Å². The molecule has 0 fully saturated rings. The summed E-state index contributed by atoms with van der Waals surface area (Å²) in [7, 11) is -3.71. The van der Waals surface area contributed by atoms with E-state index in [1.807, 2.05) is 24.3 Å². The number of amides is 1. The maximum Gasteiger partial charge on any atom is 0.255 e. The highest BCUT2D eigenvalue weighted by molar-refractivity contribution is 7.89. The van der Waals surface area contributed by atoms with E-state index in [0.29, 0.717) is 19.5 Å². The molecule has 5 nitrogen and oxygen atoms in total. The maximum atomic E-state index is 13.3.